The fourth-order valence-electron chi connectivity index (χ4n) is 1.71. The van der Waals surface area contributed by atoms with Crippen molar-refractivity contribution in [2.24, 2.45) is 7.05 Å². The lowest BCUT2D eigenvalue weighted by Gasteiger charge is -2.10. The molecule has 0 aliphatic heterocycles. The maximum Gasteiger partial charge on any atom is 0.342 e. The largest absolute Gasteiger partial charge is 0.481 e. The van der Waals surface area contributed by atoms with E-state index in [0.29, 0.717) is 16.6 Å². The minimum atomic E-state index is -0.488. The van der Waals surface area contributed by atoms with Crippen molar-refractivity contribution in [1.82, 2.24) is 9.55 Å². The highest BCUT2D eigenvalue weighted by Crippen LogP contribution is 2.28. The normalized spacial score (nSPS) is 10.3. The number of imidazole rings is 1. The number of aromatic nitrogens is 2. The molecule has 0 unspecified atom stereocenters. The van der Waals surface area contributed by atoms with E-state index in [9.17, 15) is 10.1 Å². The van der Waals surface area contributed by atoms with Crippen molar-refractivity contribution in [3.05, 3.63) is 45.4 Å². The topological polar surface area (TPSA) is 82.2 Å². The minimum absolute atomic E-state index is 0.0754. The molecule has 0 amide bonds. The Labute approximate surface area is 120 Å². The highest BCUT2D eigenvalue weighted by atomic mass is 35.5. The van der Waals surface area contributed by atoms with E-state index in [0.717, 1.165) is 5.69 Å². The van der Waals surface area contributed by atoms with Crippen LogP contribution in [-0.4, -0.2) is 21.5 Å². The van der Waals surface area contributed by atoms with Crippen LogP contribution in [0.5, 0.6) is 5.75 Å². The van der Waals surface area contributed by atoms with Gasteiger partial charge in [0, 0.05) is 12.1 Å². The predicted octanol–water partition coefficient (Wildman–Crippen LogP) is 2.60. The molecular weight excluding hydrogens is 284 g/mol. The van der Waals surface area contributed by atoms with Gasteiger partial charge in [0.1, 0.15) is 11.9 Å². The average Bonchev–Trinajstić information content (AvgIpc) is 2.78. The number of rotatable bonds is 5. The molecular formula is C12H13ClN4O3. The summed E-state index contributed by atoms with van der Waals surface area (Å²) in [6, 6.07) is 5.17. The highest BCUT2D eigenvalue weighted by Gasteiger charge is 2.17. The molecule has 1 aromatic heterocycles. The number of hydrogen-bond acceptors (Lipinski definition) is 5. The Kier molecular flexibility index (Phi) is 4.09. The van der Waals surface area contributed by atoms with E-state index in [1.54, 1.807) is 32.3 Å². The van der Waals surface area contributed by atoms with Gasteiger partial charge in [-0.2, -0.15) is 0 Å². The van der Waals surface area contributed by atoms with Crippen molar-refractivity contribution in [1.29, 1.82) is 0 Å². The standard InChI is InChI=1S/C12H13ClN4O3/c1-14-9-5-8(13)3-4-10(9)20-7-11-15-6-12(16(11)2)17(18)19/h3-6,14H,7H2,1-2H3. The molecule has 8 heteroatoms. The molecule has 0 spiro atoms. The van der Waals surface area contributed by atoms with Crippen LogP contribution in [0, 0.1) is 10.1 Å². The van der Waals surface area contributed by atoms with Crippen LogP contribution < -0.4 is 10.1 Å². The van der Waals surface area contributed by atoms with Crippen LogP contribution in [0.4, 0.5) is 11.5 Å². The van der Waals surface area contributed by atoms with Gasteiger partial charge in [-0.15, -0.1) is 0 Å². The zero-order chi connectivity index (χ0) is 14.7. The van der Waals surface area contributed by atoms with Gasteiger partial charge in [-0.25, -0.2) is 9.55 Å². The van der Waals surface area contributed by atoms with E-state index in [1.165, 1.54) is 10.8 Å². The summed E-state index contributed by atoms with van der Waals surface area (Å²) in [5, 5.41) is 14.3. The summed E-state index contributed by atoms with van der Waals surface area (Å²) in [6.07, 6.45) is 1.21. The summed E-state index contributed by atoms with van der Waals surface area (Å²) in [4.78, 5) is 14.2. The summed E-state index contributed by atoms with van der Waals surface area (Å²) in [5.74, 6) is 0.991. The summed E-state index contributed by atoms with van der Waals surface area (Å²) in [5.41, 5.74) is 0.737. The molecule has 20 heavy (non-hydrogen) atoms. The number of benzene rings is 1. The van der Waals surface area contributed by atoms with E-state index >= 15 is 0 Å². The van der Waals surface area contributed by atoms with Crippen LogP contribution in [0.25, 0.3) is 0 Å². The van der Waals surface area contributed by atoms with Crippen LogP contribution in [0.15, 0.2) is 24.4 Å². The molecule has 7 nitrogen and oxygen atoms in total. The third-order valence-electron chi connectivity index (χ3n) is 2.81. The molecule has 2 rings (SSSR count). The second-order valence-electron chi connectivity index (χ2n) is 4.03. The molecule has 1 N–H and O–H groups in total. The molecule has 0 fully saturated rings. The summed E-state index contributed by atoms with van der Waals surface area (Å²) in [6.45, 7) is 0.126. The molecule has 0 radical (unpaired) electrons. The molecule has 2 aromatic rings. The van der Waals surface area contributed by atoms with Crippen molar-refractivity contribution >= 4 is 23.1 Å². The summed E-state index contributed by atoms with van der Waals surface area (Å²) in [7, 11) is 3.33. The molecule has 106 valence electrons. The lowest BCUT2D eigenvalue weighted by Crippen LogP contribution is -2.06. The SMILES string of the molecule is CNc1cc(Cl)ccc1OCc1ncc([N+](=O)[O-])n1C. The first-order chi connectivity index (χ1) is 9.52. The van der Waals surface area contributed by atoms with Crippen molar-refractivity contribution < 1.29 is 9.66 Å². The molecule has 0 bridgehead atoms. The highest BCUT2D eigenvalue weighted by molar-refractivity contribution is 6.30. The van der Waals surface area contributed by atoms with Gasteiger partial charge in [-0.05, 0) is 23.1 Å². The van der Waals surface area contributed by atoms with E-state index in [1.807, 2.05) is 0 Å². The van der Waals surface area contributed by atoms with E-state index < -0.39 is 4.92 Å². The Hall–Kier alpha value is -2.28. The van der Waals surface area contributed by atoms with Gasteiger partial charge in [-0.1, -0.05) is 11.6 Å². The van der Waals surface area contributed by atoms with Crippen LogP contribution in [0.3, 0.4) is 0 Å². The number of nitrogens with zero attached hydrogens (tertiary/aromatic N) is 3. The zero-order valence-corrected chi connectivity index (χ0v) is 11.7. The van der Waals surface area contributed by atoms with Crippen molar-refractivity contribution in [2.75, 3.05) is 12.4 Å². The monoisotopic (exact) mass is 296 g/mol. The Morgan fingerprint density at radius 2 is 2.30 bits per heavy atom. The van der Waals surface area contributed by atoms with E-state index in [2.05, 4.69) is 10.3 Å². The number of nitro groups is 1. The Morgan fingerprint density at radius 1 is 1.55 bits per heavy atom. The van der Waals surface area contributed by atoms with Gasteiger partial charge in [0.05, 0.1) is 12.7 Å². The fourth-order valence-corrected chi connectivity index (χ4v) is 1.88. The van der Waals surface area contributed by atoms with Crippen LogP contribution in [0.2, 0.25) is 5.02 Å². The van der Waals surface area contributed by atoms with Gasteiger partial charge in [0.25, 0.3) is 0 Å². The summed E-state index contributed by atoms with van der Waals surface area (Å²) < 4.78 is 7.00. The third kappa shape index (κ3) is 2.83. The second kappa shape index (κ2) is 5.79. The average molecular weight is 297 g/mol. The molecule has 0 aliphatic rings. The quantitative estimate of drug-likeness (QED) is 0.677. The molecule has 1 aromatic carbocycles. The molecule has 0 aliphatic carbocycles. The molecule has 0 atom stereocenters. The van der Waals surface area contributed by atoms with Gasteiger partial charge in [0.2, 0.25) is 5.82 Å². The lowest BCUT2D eigenvalue weighted by molar-refractivity contribution is -0.391. The van der Waals surface area contributed by atoms with Crippen LogP contribution in [-0.2, 0) is 13.7 Å². The van der Waals surface area contributed by atoms with Gasteiger partial charge < -0.3 is 20.2 Å². The number of ether oxygens (including phenoxy) is 1. The van der Waals surface area contributed by atoms with Gasteiger partial charge in [0.15, 0.2) is 6.61 Å². The first kappa shape index (κ1) is 14.1. The summed E-state index contributed by atoms with van der Waals surface area (Å²) >= 11 is 5.89. The second-order valence-corrected chi connectivity index (χ2v) is 4.46. The maximum absolute atomic E-state index is 10.7. The number of hydrogen-bond donors (Lipinski definition) is 1. The third-order valence-corrected chi connectivity index (χ3v) is 3.05. The van der Waals surface area contributed by atoms with Crippen molar-refractivity contribution in [2.45, 2.75) is 6.61 Å². The fraction of sp³-hybridized carbons (Fsp3) is 0.250. The van der Waals surface area contributed by atoms with E-state index in [-0.39, 0.29) is 12.4 Å². The number of anilines is 1. The number of halogens is 1. The van der Waals surface area contributed by atoms with E-state index in [4.69, 9.17) is 16.3 Å². The van der Waals surface area contributed by atoms with Gasteiger partial charge >= 0.3 is 5.82 Å². The first-order valence-corrected chi connectivity index (χ1v) is 6.15. The molecule has 1 heterocycles. The Morgan fingerprint density at radius 3 is 2.90 bits per heavy atom. The first-order valence-electron chi connectivity index (χ1n) is 5.78. The predicted molar refractivity (Wildman–Crippen MR) is 75.2 cm³/mol. The van der Waals surface area contributed by atoms with Gasteiger partial charge in [-0.3, -0.25) is 0 Å². The smallest absolute Gasteiger partial charge is 0.342 e. The minimum Gasteiger partial charge on any atom is -0.481 e. The number of nitrogens with one attached hydrogen (secondary N) is 1. The van der Waals surface area contributed by atoms with Crippen LogP contribution in [0.1, 0.15) is 5.82 Å². The molecule has 0 saturated carbocycles. The lowest BCUT2D eigenvalue weighted by atomic mass is 10.3. The zero-order valence-electron chi connectivity index (χ0n) is 11.0. The Balaban J connectivity index is 2.15. The van der Waals surface area contributed by atoms with Crippen LogP contribution >= 0.6 is 11.6 Å². The van der Waals surface area contributed by atoms with Crippen molar-refractivity contribution in [3.63, 3.8) is 0 Å². The Bertz CT molecular complexity index is 642. The van der Waals surface area contributed by atoms with Crippen molar-refractivity contribution in [3.8, 4) is 5.75 Å². The maximum atomic E-state index is 10.7. The molecule has 0 saturated heterocycles.